The van der Waals surface area contributed by atoms with Crippen LogP contribution in [0.15, 0.2) is 114 Å². The topological polar surface area (TPSA) is 15.6 Å². The first-order valence-electron chi connectivity index (χ1n) is 11.9. The van der Waals surface area contributed by atoms with E-state index in [1.54, 1.807) is 0 Å². The van der Waals surface area contributed by atoms with Crippen LogP contribution < -0.4 is 0 Å². The van der Waals surface area contributed by atoms with Crippen LogP contribution >= 0.6 is 0 Å². The number of aryl methyl sites for hydroxylation is 2. The molecule has 4 rings (SSSR count). The van der Waals surface area contributed by atoms with E-state index >= 15 is 0 Å². The summed E-state index contributed by atoms with van der Waals surface area (Å²) >= 11 is 0.308. The average Bonchev–Trinajstić information content (AvgIpc) is 2.87. The number of amidine groups is 1. The molecule has 0 fully saturated rings. The van der Waals surface area contributed by atoms with Crippen molar-refractivity contribution in [2.75, 3.05) is 0 Å². The van der Waals surface area contributed by atoms with Crippen LogP contribution in [0.5, 0.6) is 0 Å². The number of benzene rings is 3. The first kappa shape index (κ1) is 24.0. The first-order chi connectivity index (χ1) is 16.7. The van der Waals surface area contributed by atoms with Crippen molar-refractivity contribution in [2.45, 2.75) is 38.9 Å². The predicted molar refractivity (Wildman–Crippen MR) is 148 cm³/mol. The number of aliphatic imine (C=N–C) groups is 1. The number of unbranched alkanes of at least 4 members (excludes halogenated alkanes) is 1. The summed E-state index contributed by atoms with van der Waals surface area (Å²) in [6.07, 6.45) is 11.3. The van der Waals surface area contributed by atoms with Crippen LogP contribution in [0.4, 0.5) is 5.69 Å². The fourth-order valence-electron chi connectivity index (χ4n) is 3.98. The van der Waals surface area contributed by atoms with Crippen molar-refractivity contribution in [3.63, 3.8) is 0 Å². The predicted octanol–water partition coefficient (Wildman–Crippen LogP) is 8.06. The number of allylic oxidation sites excluding steroid dienone is 3. The van der Waals surface area contributed by atoms with E-state index in [2.05, 4.69) is 129 Å². The second-order valence-corrected chi connectivity index (χ2v) is 10.7. The van der Waals surface area contributed by atoms with E-state index < -0.39 is 0 Å². The molecule has 34 heavy (non-hydrogen) atoms. The summed E-state index contributed by atoms with van der Waals surface area (Å²) in [5.74, 6) is 0. The number of para-hydroxylation sites is 1. The summed E-state index contributed by atoms with van der Waals surface area (Å²) in [4.78, 5) is 7.41. The molecule has 0 aromatic heterocycles. The summed E-state index contributed by atoms with van der Waals surface area (Å²) < 4.78 is 1.16. The Morgan fingerprint density at radius 3 is 1.85 bits per heavy atom. The summed E-state index contributed by atoms with van der Waals surface area (Å²) in [6, 6.07) is 27.7. The average molecular weight is 512 g/mol. The van der Waals surface area contributed by atoms with Gasteiger partial charge in [-0.2, -0.15) is 0 Å². The molecule has 0 N–H and O–H groups in total. The van der Waals surface area contributed by atoms with Gasteiger partial charge in [0.25, 0.3) is 0 Å². The van der Waals surface area contributed by atoms with Crippen molar-refractivity contribution in [1.29, 1.82) is 0 Å². The summed E-state index contributed by atoms with van der Waals surface area (Å²) in [6.45, 7) is 6.55. The summed E-state index contributed by atoms with van der Waals surface area (Å²) in [7, 11) is 0. The van der Waals surface area contributed by atoms with Gasteiger partial charge < -0.3 is 0 Å². The van der Waals surface area contributed by atoms with Gasteiger partial charge in [0.05, 0.1) is 0 Å². The molecule has 172 valence electrons. The second kappa shape index (κ2) is 11.8. The maximum atomic E-state index is 5.19. The van der Waals surface area contributed by atoms with Crippen LogP contribution in [0.25, 0.3) is 5.57 Å². The quantitative estimate of drug-likeness (QED) is 0.136. The third-order valence-electron chi connectivity index (χ3n) is 5.84. The van der Waals surface area contributed by atoms with Gasteiger partial charge in [-0.1, -0.05) is 0 Å². The molecule has 3 aromatic rings. The number of nitrogens with zero attached hydrogens (tertiary/aromatic N) is 2. The molecule has 0 radical (unpaired) electrons. The Morgan fingerprint density at radius 1 is 0.765 bits per heavy atom. The van der Waals surface area contributed by atoms with Gasteiger partial charge in [0.15, 0.2) is 0 Å². The molecule has 3 aromatic carbocycles. The first-order valence-corrected chi connectivity index (χ1v) is 14.0. The minimum atomic E-state index is 0.308. The zero-order valence-electron chi connectivity index (χ0n) is 20.2. The molecular formula is C31H32N2Se. The molecule has 0 atom stereocenters. The van der Waals surface area contributed by atoms with Crippen LogP contribution in [-0.2, 0) is 0 Å². The molecule has 0 aliphatic carbocycles. The number of rotatable bonds is 7. The maximum absolute atomic E-state index is 5.19. The van der Waals surface area contributed by atoms with E-state index in [-0.39, 0.29) is 0 Å². The van der Waals surface area contributed by atoms with Crippen LogP contribution in [0.2, 0.25) is 5.32 Å². The van der Waals surface area contributed by atoms with E-state index in [1.165, 1.54) is 51.6 Å². The third kappa shape index (κ3) is 5.86. The SMILES string of the molecule is CCCC[Se]C(=Nc1c(C)cccc1C)N1C=CC(=C(c2ccccc2)c2ccccc2)C=C1. The van der Waals surface area contributed by atoms with Crippen molar-refractivity contribution in [1.82, 2.24) is 4.90 Å². The molecule has 3 heteroatoms. The van der Waals surface area contributed by atoms with Crippen molar-refractivity contribution < 1.29 is 0 Å². The Hall–Kier alpha value is -3.13. The normalized spacial score (nSPS) is 13.4. The minimum absolute atomic E-state index is 0.308. The Kier molecular flexibility index (Phi) is 8.36. The fraction of sp³-hybridized carbons (Fsp3) is 0.194. The molecule has 0 spiro atoms. The summed E-state index contributed by atoms with van der Waals surface area (Å²) in [5, 5.41) is 1.20. The zero-order valence-corrected chi connectivity index (χ0v) is 22.0. The molecule has 0 saturated carbocycles. The van der Waals surface area contributed by atoms with Gasteiger partial charge in [-0.3, -0.25) is 0 Å². The number of hydrogen-bond donors (Lipinski definition) is 0. The van der Waals surface area contributed by atoms with Gasteiger partial charge >= 0.3 is 211 Å². The monoisotopic (exact) mass is 512 g/mol. The van der Waals surface area contributed by atoms with Crippen LogP contribution in [-0.4, -0.2) is 24.6 Å². The van der Waals surface area contributed by atoms with E-state index in [1.807, 2.05) is 0 Å². The molecule has 1 heterocycles. The van der Waals surface area contributed by atoms with E-state index in [0.29, 0.717) is 15.0 Å². The van der Waals surface area contributed by atoms with Crippen molar-refractivity contribution in [3.05, 3.63) is 131 Å². The van der Waals surface area contributed by atoms with Crippen molar-refractivity contribution in [2.24, 2.45) is 4.99 Å². The summed E-state index contributed by atoms with van der Waals surface area (Å²) in [5.41, 5.74) is 8.47. The Balaban J connectivity index is 1.71. The molecule has 0 bridgehead atoms. The molecule has 0 amide bonds. The van der Waals surface area contributed by atoms with E-state index in [0.717, 1.165) is 10.4 Å². The zero-order chi connectivity index (χ0) is 23.8. The standard InChI is InChI=1S/C31H32N2Se/c1-4-5-23-34-31(32-30-24(2)13-12-14-25(30)3)33-21-19-28(20-22-33)29(26-15-8-6-9-16-26)27-17-10-7-11-18-27/h6-22H,4-5,23H2,1-3H3. The van der Waals surface area contributed by atoms with Gasteiger partial charge in [0.1, 0.15) is 0 Å². The van der Waals surface area contributed by atoms with E-state index in [4.69, 9.17) is 4.99 Å². The number of hydrogen-bond acceptors (Lipinski definition) is 1. The van der Waals surface area contributed by atoms with Gasteiger partial charge in [-0.15, -0.1) is 0 Å². The van der Waals surface area contributed by atoms with Crippen molar-refractivity contribution in [3.8, 4) is 0 Å². The Labute approximate surface area is 210 Å². The van der Waals surface area contributed by atoms with Gasteiger partial charge in [-0.05, 0) is 0 Å². The molecule has 1 aliphatic rings. The second-order valence-electron chi connectivity index (χ2n) is 8.44. The third-order valence-corrected chi connectivity index (χ3v) is 8.05. The molecule has 0 saturated heterocycles. The Bertz CT molecular complexity index is 1140. The molecule has 0 unspecified atom stereocenters. The van der Waals surface area contributed by atoms with Crippen LogP contribution in [0, 0.1) is 13.8 Å². The molecule has 2 nitrogen and oxygen atoms in total. The van der Waals surface area contributed by atoms with E-state index in [9.17, 15) is 0 Å². The van der Waals surface area contributed by atoms with Gasteiger partial charge in [0, 0.05) is 0 Å². The molecule has 1 aliphatic heterocycles. The molecular weight excluding hydrogens is 479 g/mol. The fourth-order valence-corrected chi connectivity index (χ4v) is 6.17. The van der Waals surface area contributed by atoms with Crippen molar-refractivity contribution >= 4 is 31.0 Å². The van der Waals surface area contributed by atoms with Gasteiger partial charge in [-0.25, -0.2) is 0 Å². The Morgan fingerprint density at radius 2 is 1.32 bits per heavy atom. The van der Waals surface area contributed by atoms with Crippen LogP contribution in [0.1, 0.15) is 42.0 Å². The van der Waals surface area contributed by atoms with Crippen LogP contribution in [0.3, 0.4) is 0 Å². The van der Waals surface area contributed by atoms with Gasteiger partial charge in [0.2, 0.25) is 0 Å².